The first kappa shape index (κ1) is 13.5. The number of benzene rings is 2. The van der Waals surface area contributed by atoms with Gasteiger partial charge in [0.1, 0.15) is 5.82 Å². The van der Waals surface area contributed by atoms with E-state index in [0.717, 1.165) is 10.5 Å². The molecule has 0 aliphatic carbocycles. The molecule has 1 aromatic heterocycles. The monoisotopic (exact) mass is 356 g/mol. The van der Waals surface area contributed by atoms with E-state index in [4.69, 9.17) is 11.6 Å². The molecule has 0 saturated heterocycles. The molecule has 0 bridgehead atoms. The molecule has 1 heterocycles. The number of aromatic nitrogens is 2. The van der Waals surface area contributed by atoms with Gasteiger partial charge in [-0.2, -0.15) is 0 Å². The summed E-state index contributed by atoms with van der Waals surface area (Å²) in [5.74, 6) is -1.25. The number of fused-ring (bicyclic) bond motifs is 1. The lowest BCUT2D eigenvalue weighted by Gasteiger charge is -2.09. The molecule has 20 heavy (non-hydrogen) atoms. The second-order valence-electron chi connectivity index (χ2n) is 4.20. The van der Waals surface area contributed by atoms with Crippen molar-refractivity contribution in [2.75, 3.05) is 0 Å². The van der Waals surface area contributed by atoms with Crippen LogP contribution in [0.2, 0.25) is 0 Å². The van der Waals surface area contributed by atoms with Gasteiger partial charge in [-0.15, -0.1) is 11.6 Å². The lowest BCUT2D eigenvalue weighted by Crippen LogP contribution is -2.03. The molecule has 2 aromatic carbocycles. The number of hydrogen-bond acceptors (Lipinski definition) is 1. The van der Waals surface area contributed by atoms with E-state index in [-0.39, 0.29) is 11.6 Å². The van der Waals surface area contributed by atoms with E-state index in [1.807, 2.05) is 6.07 Å². The zero-order valence-electron chi connectivity index (χ0n) is 10.1. The van der Waals surface area contributed by atoms with Crippen LogP contribution in [0.25, 0.3) is 16.7 Å². The molecule has 0 amide bonds. The van der Waals surface area contributed by atoms with Crippen LogP contribution in [-0.2, 0) is 5.88 Å². The third-order valence-corrected chi connectivity index (χ3v) is 3.71. The SMILES string of the molecule is Fc1cccc(-n2c(CCl)nc3cc(Br)ccc32)c1F. The Hall–Kier alpha value is -1.46. The summed E-state index contributed by atoms with van der Waals surface area (Å²) in [5.41, 5.74) is 1.44. The maximum Gasteiger partial charge on any atom is 0.182 e. The lowest BCUT2D eigenvalue weighted by molar-refractivity contribution is 0.504. The fourth-order valence-corrected chi connectivity index (χ4v) is 2.66. The van der Waals surface area contributed by atoms with Gasteiger partial charge in [-0.3, -0.25) is 4.57 Å². The highest BCUT2D eigenvalue weighted by atomic mass is 79.9. The maximum absolute atomic E-state index is 14.0. The van der Waals surface area contributed by atoms with Crippen LogP contribution in [0.5, 0.6) is 0 Å². The molecule has 6 heteroatoms. The van der Waals surface area contributed by atoms with Gasteiger partial charge in [-0.25, -0.2) is 13.8 Å². The fraction of sp³-hybridized carbons (Fsp3) is 0.0714. The van der Waals surface area contributed by atoms with Crippen LogP contribution >= 0.6 is 27.5 Å². The van der Waals surface area contributed by atoms with E-state index in [1.54, 1.807) is 12.1 Å². The first-order valence-corrected chi connectivity index (χ1v) is 7.12. The van der Waals surface area contributed by atoms with Crippen molar-refractivity contribution >= 4 is 38.6 Å². The Balaban J connectivity index is 2.37. The molecule has 3 rings (SSSR count). The first-order chi connectivity index (χ1) is 9.61. The van der Waals surface area contributed by atoms with Crippen molar-refractivity contribution in [2.24, 2.45) is 0 Å². The summed E-state index contributed by atoms with van der Waals surface area (Å²) < 4.78 is 29.8. The van der Waals surface area contributed by atoms with Gasteiger partial charge in [0.25, 0.3) is 0 Å². The van der Waals surface area contributed by atoms with Crippen LogP contribution < -0.4 is 0 Å². The van der Waals surface area contributed by atoms with Crippen LogP contribution in [0.15, 0.2) is 40.9 Å². The molecule has 0 aliphatic rings. The van der Waals surface area contributed by atoms with Gasteiger partial charge in [-0.05, 0) is 30.3 Å². The van der Waals surface area contributed by atoms with Crippen LogP contribution in [0, 0.1) is 11.6 Å². The molecular weight excluding hydrogens is 350 g/mol. The quantitative estimate of drug-likeness (QED) is 0.602. The van der Waals surface area contributed by atoms with Gasteiger partial charge in [0, 0.05) is 4.47 Å². The molecule has 0 aliphatic heterocycles. The average Bonchev–Trinajstić information content (AvgIpc) is 2.79. The summed E-state index contributed by atoms with van der Waals surface area (Å²) in [4.78, 5) is 4.35. The Morgan fingerprint density at radius 2 is 2.00 bits per heavy atom. The minimum atomic E-state index is -0.916. The summed E-state index contributed by atoms with van der Waals surface area (Å²) in [6, 6.07) is 9.44. The highest BCUT2D eigenvalue weighted by molar-refractivity contribution is 9.10. The van der Waals surface area contributed by atoms with E-state index in [2.05, 4.69) is 20.9 Å². The second-order valence-corrected chi connectivity index (χ2v) is 5.39. The number of rotatable bonds is 2. The smallest absolute Gasteiger partial charge is 0.182 e. The zero-order valence-corrected chi connectivity index (χ0v) is 12.4. The standard InChI is InChI=1S/C14H8BrClF2N2/c15-8-4-5-11-10(6-8)19-13(7-16)20(11)12-3-1-2-9(17)14(12)18/h1-6H,7H2. The molecule has 0 atom stereocenters. The number of alkyl halides is 1. The highest BCUT2D eigenvalue weighted by Crippen LogP contribution is 2.27. The molecule has 3 aromatic rings. The van der Waals surface area contributed by atoms with E-state index < -0.39 is 11.6 Å². The molecule has 0 radical (unpaired) electrons. The van der Waals surface area contributed by atoms with Crippen molar-refractivity contribution in [3.05, 3.63) is 58.3 Å². The van der Waals surface area contributed by atoms with Crippen molar-refractivity contribution in [3.63, 3.8) is 0 Å². The lowest BCUT2D eigenvalue weighted by atomic mass is 10.2. The molecule has 0 unspecified atom stereocenters. The predicted octanol–water partition coefficient (Wildman–Crippen LogP) is 4.81. The molecule has 0 saturated carbocycles. The molecule has 102 valence electrons. The normalized spacial score (nSPS) is 11.2. The average molecular weight is 358 g/mol. The van der Waals surface area contributed by atoms with Gasteiger partial charge >= 0.3 is 0 Å². The van der Waals surface area contributed by atoms with Gasteiger partial charge < -0.3 is 0 Å². The Labute approximate surface area is 127 Å². The maximum atomic E-state index is 14.0. The Kier molecular flexibility index (Phi) is 3.48. The van der Waals surface area contributed by atoms with Gasteiger partial charge in [0.2, 0.25) is 0 Å². The topological polar surface area (TPSA) is 17.8 Å². The summed E-state index contributed by atoms with van der Waals surface area (Å²) in [7, 11) is 0. The fourth-order valence-electron chi connectivity index (χ4n) is 2.13. The highest BCUT2D eigenvalue weighted by Gasteiger charge is 2.16. The van der Waals surface area contributed by atoms with E-state index >= 15 is 0 Å². The minimum Gasteiger partial charge on any atom is -0.292 e. The first-order valence-electron chi connectivity index (χ1n) is 5.79. The molecule has 0 N–H and O–H groups in total. The second kappa shape index (κ2) is 5.14. The largest absolute Gasteiger partial charge is 0.292 e. The van der Waals surface area contributed by atoms with Crippen molar-refractivity contribution < 1.29 is 8.78 Å². The summed E-state index contributed by atoms with van der Waals surface area (Å²) in [5, 5.41) is 0. The van der Waals surface area contributed by atoms with E-state index in [0.29, 0.717) is 16.9 Å². The van der Waals surface area contributed by atoms with Crippen molar-refractivity contribution in [1.29, 1.82) is 0 Å². The van der Waals surface area contributed by atoms with Crippen LogP contribution in [-0.4, -0.2) is 9.55 Å². The Bertz CT molecular complexity index is 801. The van der Waals surface area contributed by atoms with E-state index in [1.165, 1.54) is 16.7 Å². The predicted molar refractivity (Wildman–Crippen MR) is 78.2 cm³/mol. The summed E-state index contributed by atoms with van der Waals surface area (Å²) in [6.45, 7) is 0. The van der Waals surface area contributed by atoms with Crippen LogP contribution in [0.3, 0.4) is 0 Å². The van der Waals surface area contributed by atoms with Gasteiger partial charge in [0.15, 0.2) is 11.6 Å². The molecule has 0 fully saturated rings. The van der Waals surface area contributed by atoms with E-state index in [9.17, 15) is 8.78 Å². The number of imidazole rings is 1. The Morgan fingerprint density at radius 3 is 2.75 bits per heavy atom. The number of halogens is 4. The molecular formula is C14H8BrClF2N2. The third-order valence-electron chi connectivity index (χ3n) is 2.98. The third kappa shape index (κ3) is 2.11. The van der Waals surface area contributed by atoms with Crippen molar-refractivity contribution in [3.8, 4) is 5.69 Å². The molecule has 2 nitrogen and oxygen atoms in total. The van der Waals surface area contributed by atoms with Gasteiger partial charge in [0.05, 0.1) is 22.6 Å². The van der Waals surface area contributed by atoms with Crippen LogP contribution in [0.4, 0.5) is 8.78 Å². The molecule has 0 spiro atoms. The number of nitrogens with zero attached hydrogens (tertiary/aromatic N) is 2. The van der Waals surface area contributed by atoms with Crippen molar-refractivity contribution in [1.82, 2.24) is 9.55 Å². The summed E-state index contributed by atoms with van der Waals surface area (Å²) in [6.07, 6.45) is 0. The number of hydrogen-bond donors (Lipinski definition) is 0. The summed E-state index contributed by atoms with van der Waals surface area (Å²) >= 11 is 9.23. The van der Waals surface area contributed by atoms with Crippen LogP contribution in [0.1, 0.15) is 5.82 Å². The zero-order chi connectivity index (χ0) is 14.3. The van der Waals surface area contributed by atoms with Crippen molar-refractivity contribution in [2.45, 2.75) is 5.88 Å². The minimum absolute atomic E-state index is 0.0995. The van der Waals surface area contributed by atoms with Gasteiger partial charge in [-0.1, -0.05) is 22.0 Å². The Morgan fingerprint density at radius 1 is 1.20 bits per heavy atom.